The van der Waals surface area contributed by atoms with Crippen LogP contribution in [0.5, 0.6) is 5.75 Å². The summed E-state index contributed by atoms with van der Waals surface area (Å²) in [7, 11) is 0. The largest absolute Gasteiger partial charge is 0.488 e. The summed E-state index contributed by atoms with van der Waals surface area (Å²) in [5.41, 5.74) is 0.441. The number of halogens is 2. The molecule has 0 aliphatic rings. The fourth-order valence-corrected chi connectivity index (χ4v) is 1.52. The summed E-state index contributed by atoms with van der Waals surface area (Å²) in [5, 5.41) is 0. The zero-order chi connectivity index (χ0) is 12.9. The lowest BCUT2D eigenvalue weighted by molar-refractivity contribution is -0.0167. The zero-order valence-electron chi connectivity index (χ0n) is 10.4. The third-order valence-electron chi connectivity index (χ3n) is 2.06. The summed E-state index contributed by atoms with van der Waals surface area (Å²) in [6, 6.07) is 4.72. The Morgan fingerprint density at radius 2 is 1.94 bits per heavy atom. The monoisotopic (exact) mass is 260 g/mol. The third kappa shape index (κ3) is 4.92. The molecule has 0 aliphatic carbocycles. The first-order valence-corrected chi connectivity index (χ1v) is 6.07. The molecule has 0 N–H and O–H groups in total. The highest BCUT2D eigenvalue weighted by molar-refractivity contribution is 6.17. The van der Waals surface area contributed by atoms with Gasteiger partial charge in [0, 0.05) is 5.56 Å². The predicted molar refractivity (Wildman–Crippen MR) is 67.2 cm³/mol. The van der Waals surface area contributed by atoms with Gasteiger partial charge in [-0.3, -0.25) is 0 Å². The molecule has 4 heteroatoms. The lowest BCUT2D eigenvalue weighted by Gasteiger charge is -2.20. The molecule has 0 heterocycles. The summed E-state index contributed by atoms with van der Waals surface area (Å²) in [6.07, 6.45) is 0. The number of benzene rings is 1. The molecule has 96 valence electrons. The van der Waals surface area contributed by atoms with E-state index in [0.29, 0.717) is 18.8 Å². The number of rotatable bonds is 5. The topological polar surface area (TPSA) is 18.5 Å². The van der Waals surface area contributed by atoms with Gasteiger partial charge in [0.1, 0.15) is 6.61 Å². The Bertz CT molecular complexity index is 361. The fourth-order valence-electron chi connectivity index (χ4n) is 1.31. The van der Waals surface area contributed by atoms with Crippen LogP contribution in [-0.2, 0) is 10.6 Å². The molecule has 0 saturated carbocycles. The van der Waals surface area contributed by atoms with E-state index in [-0.39, 0.29) is 23.0 Å². The van der Waals surface area contributed by atoms with Gasteiger partial charge in [0.05, 0.1) is 18.1 Å². The molecular formula is C13H18ClFO2. The maximum absolute atomic E-state index is 13.5. The summed E-state index contributed by atoms with van der Waals surface area (Å²) in [4.78, 5) is 0. The molecular weight excluding hydrogens is 243 g/mol. The van der Waals surface area contributed by atoms with Gasteiger partial charge >= 0.3 is 0 Å². The van der Waals surface area contributed by atoms with Gasteiger partial charge in [-0.05, 0) is 26.8 Å². The number of hydrogen-bond acceptors (Lipinski definition) is 2. The number of alkyl halides is 1. The standard InChI is InChI=1S/C13H18ClFO2/c1-13(2,3)17-8-7-16-12-10(9-14)5-4-6-11(12)15/h4-6H,7-9H2,1-3H3. The van der Waals surface area contributed by atoms with Gasteiger partial charge in [-0.15, -0.1) is 11.6 Å². The minimum atomic E-state index is -0.390. The van der Waals surface area contributed by atoms with E-state index in [4.69, 9.17) is 21.1 Å². The van der Waals surface area contributed by atoms with Crippen LogP contribution in [0.25, 0.3) is 0 Å². The third-order valence-corrected chi connectivity index (χ3v) is 2.35. The van der Waals surface area contributed by atoms with Crippen LogP contribution in [-0.4, -0.2) is 18.8 Å². The molecule has 1 aromatic carbocycles. The first-order chi connectivity index (χ1) is 7.94. The van der Waals surface area contributed by atoms with Crippen molar-refractivity contribution in [2.24, 2.45) is 0 Å². The molecule has 0 amide bonds. The molecule has 0 atom stereocenters. The van der Waals surface area contributed by atoms with E-state index in [0.717, 1.165) is 0 Å². The second kappa shape index (κ2) is 6.22. The molecule has 0 unspecified atom stereocenters. The number of hydrogen-bond donors (Lipinski definition) is 0. The van der Waals surface area contributed by atoms with Crippen molar-refractivity contribution in [1.29, 1.82) is 0 Å². The van der Waals surface area contributed by atoms with E-state index in [1.54, 1.807) is 12.1 Å². The average molecular weight is 261 g/mol. The highest BCUT2D eigenvalue weighted by Gasteiger charge is 2.11. The van der Waals surface area contributed by atoms with Crippen molar-refractivity contribution in [1.82, 2.24) is 0 Å². The van der Waals surface area contributed by atoms with Gasteiger partial charge in [-0.25, -0.2) is 4.39 Å². The van der Waals surface area contributed by atoms with Crippen LogP contribution >= 0.6 is 11.6 Å². The summed E-state index contributed by atoms with van der Waals surface area (Å²) in [5.74, 6) is 0.0617. The van der Waals surface area contributed by atoms with Crippen LogP contribution in [0.4, 0.5) is 4.39 Å². The van der Waals surface area contributed by atoms with Crippen LogP contribution < -0.4 is 4.74 Å². The minimum absolute atomic E-state index is 0.214. The van der Waals surface area contributed by atoms with Gasteiger partial charge in [-0.2, -0.15) is 0 Å². The summed E-state index contributed by atoms with van der Waals surface area (Å²) < 4.78 is 24.3. The Morgan fingerprint density at radius 1 is 1.24 bits per heavy atom. The molecule has 0 aromatic heterocycles. The van der Waals surface area contributed by atoms with Crippen molar-refractivity contribution in [2.75, 3.05) is 13.2 Å². The van der Waals surface area contributed by atoms with Gasteiger partial charge in [0.25, 0.3) is 0 Å². The van der Waals surface area contributed by atoms with Crippen molar-refractivity contribution < 1.29 is 13.9 Å². The SMILES string of the molecule is CC(C)(C)OCCOc1c(F)cccc1CCl. The molecule has 0 spiro atoms. The first kappa shape index (κ1) is 14.3. The maximum Gasteiger partial charge on any atom is 0.165 e. The van der Waals surface area contributed by atoms with E-state index in [9.17, 15) is 4.39 Å². The van der Waals surface area contributed by atoms with Gasteiger partial charge in [0.2, 0.25) is 0 Å². The Hall–Kier alpha value is -0.800. The molecule has 0 aliphatic heterocycles. The van der Waals surface area contributed by atoms with E-state index in [1.807, 2.05) is 20.8 Å². The van der Waals surface area contributed by atoms with Crippen LogP contribution in [0.1, 0.15) is 26.3 Å². The van der Waals surface area contributed by atoms with Crippen molar-refractivity contribution in [3.05, 3.63) is 29.6 Å². The van der Waals surface area contributed by atoms with Crippen molar-refractivity contribution >= 4 is 11.6 Å². The second-order valence-electron chi connectivity index (χ2n) is 4.67. The maximum atomic E-state index is 13.5. The van der Waals surface area contributed by atoms with E-state index >= 15 is 0 Å². The highest BCUT2D eigenvalue weighted by atomic mass is 35.5. The lowest BCUT2D eigenvalue weighted by atomic mass is 10.2. The Morgan fingerprint density at radius 3 is 2.53 bits per heavy atom. The minimum Gasteiger partial charge on any atom is -0.488 e. The van der Waals surface area contributed by atoms with Crippen LogP contribution in [0.2, 0.25) is 0 Å². The second-order valence-corrected chi connectivity index (χ2v) is 4.94. The molecule has 1 rings (SSSR count). The van der Waals surface area contributed by atoms with Crippen LogP contribution in [0.3, 0.4) is 0 Å². The Kier molecular flexibility index (Phi) is 5.22. The van der Waals surface area contributed by atoms with Crippen molar-refractivity contribution in [2.45, 2.75) is 32.3 Å². The Balaban J connectivity index is 2.52. The highest BCUT2D eigenvalue weighted by Crippen LogP contribution is 2.24. The predicted octanol–water partition coefficient (Wildman–Crippen LogP) is 3.76. The molecule has 2 nitrogen and oxygen atoms in total. The molecule has 0 radical (unpaired) electrons. The average Bonchev–Trinajstić information content (AvgIpc) is 2.24. The van der Waals surface area contributed by atoms with E-state index in [2.05, 4.69) is 0 Å². The molecule has 0 fully saturated rings. The van der Waals surface area contributed by atoms with Gasteiger partial charge < -0.3 is 9.47 Å². The summed E-state index contributed by atoms with van der Waals surface area (Å²) >= 11 is 5.71. The fraction of sp³-hybridized carbons (Fsp3) is 0.538. The van der Waals surface area contributed by atoms with Crippen LogP contribution in [0, 0.1) is 5.82 Å². The van der Waals surface area contributed by atoms with Gasteiger partial charge in [0.15, 0.2) is 11.6 Å². The lowest BCUT2D eigenvalue weighted by Crippen LogP contribution is -2.22. The number of para-hydroxylation sites is 1. The van der Waals surface area contributed by atoms with Gasteiger partial charge in [-0.1, -0.05) is 12.1 Å². The molecule has 0 bridgehead atoms. The quantitative estimate of drug-likeness (QED) is 0.593. The van der Waals surface area contributed by atoms with Crippen molar-refractivity contribution in [3.8, 4) is 5.75 Å². The van der Waals surface area contributed by atoms with E-state index in [1.165, 1.54) is 6.07 Å². The van der Waals surface area contributed by atoms with E-state index < -0.39 is 0 Å². The first-order valence-electron chi connectivity index (χ1n) is 5.54. The smallest absolute Gasteiger partial charge is 0.165 e. The molecule has 1 aromatic rings. The van der Waals surface area contributed by atoms with Crippen molar-refractivity contribution in [3.63, 3.8) is 0 Å². The molecule has 17 heavy (non-hydrogen) atoms. The number of ether oxygens (including phenoxy) is 2. The zero-order valence-corrected chi connectivity index (χ0v) is 11.2. The normalized spacial score (nSPS) is 11.6. The molecule has 0 saturated heterocycles. The summed E-state index contributed by atoms with van der Waals surface area (Å²) in [6.45, 7) is 6.60. The van der Waals surface area contributed by atoms with Crippen LogP contribution in [0.15, 0.2) is 18.2 Å². The Labute approximate surface area is 107 Å².